The van der Waals surface area contributed by atoms with Gasteiger partial charge >= 0.3 is 0 Å². The molecule has 0 saturated heterocycles. The zero-order chi connectivity index (χ0) is 24.2. The van der Waals surface area contributed by atoms with E-state index in [0.717, 1.165) is 36.3 Å². The number of hydrogen-bond acceptors (Lipinski definition) is 4. The largest absolute Gasteiger partial charge is 0.489 e. The third kappa shape index (κ3) is 7.96. The van der Waals surface area contributed by atoms with Crippen LogP contribution >= 0.6 is 0 Å². The molecule has 0 aromatic heterocycles. The van der Waals surface area contributed by atoms with Crippen molar-refractivity contribution in [2.24, 2.45) is 0 Å². The summed E-state index contributed by atoms with van der Waals surface area (Å²) in [4.78, 5) is 24.3. The fourth-order valence-corrected chi connectivity index (χ4v) is 3.47. The van der Waals surface area contributed by atoms with Crippen LogP contribution in [0.2, 0.25) is 0 Å². The molecule has 6 nitrogen and oxygen atoms in total. The summed E-state index contributed by atoms with van der Waals surface area (Å²) in [6.45, 7) is 4.75. The van der Waals surface area contributed by atoms with Gasteiger partial charge in [-0.1, -0.05) is 56.5 Å². The Morgan fingerprint density at radius 3 is 2.32 bits per heavy atom. The van der Waals surface area contributed by atoms with Gasteiger partial charge in [0, 0.05) is 24.7 Å². The minimum absolute atomic E-state index is 0.144. The maximum atomic E-state index is 12.5. The number of carbonyl (C=O) groups excluding carboxylic acids is 2. The van der Waals surface area contributed by atoms with Crippen LogP contribution in [0, 0.1) is 0 Å². The van der Waals surface area contributed by atoms with Crippen molar-refractivity contribution >= 4 is 28.9 Å². The topological polar surface area (TPSA) is 79.5 Å². The van der Waals surface area contributed by atoms with E-state index in [1.807, 2.05) is 54.6 Å². The van der Waals surface area contributed by atoms with Gasteiger partial charge in [-0.15, -0.1) is 0 Å². The highest BCUT2D eigenvalue weighted by molar-refractivity contribution is 5.99. The van der Waals surface area contributed by atoms with E-state index in [1.165, 1.54) is 13.3 Å². The number of unbranched alkanes of at least 4 members (excludes halogenated alkanes) is 3. The van der Waals surface area contributed by atoms with Crippen molar-refractivity contribution in [2.45, 2.75) is 46.1 Å². The van der Waals surface area contributed by atoms with E-state index < -0.39 is 0 Å². The van der Waals surface area contributed by atoms with Crippen LogP contribution < -0.4 is 20.7 Å². The molecule has 0 radical (unpaired) electrons. The number of rotatable bonds is 12. The Labute approximate surface area is 201 Å². The van der Waals surface area contributed by atoms with E-state index in [-0.39, 0.29) is 11.8 Å². The Kier molecular flexibility index (Phi) is 9.52. The van der Waals surface area contributed by atoms with Gasteiger partial charge in [0.2, 0.25) is 5.91 Å². The molecule has 2 amide bonds. The average molecular weight is 460 g/mol. The van der Waals surface area contributed by atoms with Crippen molar-refractivity contribution in [3.05, 3.63) is 83.9 Å². The maximum Gasteiger partial charge on any atom is 0.251 e. The van der Waals surface area contributed by atoms with Gasteiger partial charge in [0.25, 0.3) is 5.91 Å². The molecule has 0 spiro atoms. The highest BCUT2D eigenvalue weighted by atomic mass is 16.5. The molecular weight excluding hydrogens is 426 g/mol. The normalized spacial score (nSPS) is 10.4. The van der Waals surface area contributed by atoms with Gasteiger partial charge in [-0.2, -0.15) is 0 Å². The summed E-state index contributed by atoms with van der Waals surface area (Å²) in [6, 6.07) is 22.9. The van der Waals surface area contributed by atoms with Gasteiger partial charge in [0.05, 0.1) is 11.4 Å². The first-order valence-electron chi connectivity index (χ1n) is 11.8. The lowest BCUT2D eigenvalue weighted by molar-refractivity contribution is -0.114. The molecule has 3 N–H and O–H groups in total. The zero-order valence-electron chi connectivity index (χ0n) is 19.9. The number of nitrogens with one attached hydrogen (secondary N) is 3. The summed E-state index contributed by atoms with van der Waals surface area (Å²) < 4.78 is 5.84. The maximum absolute atomic E-state index is 12.5. The third-order valence-electron chi connectivity index (χ3n) is 5.29. The Bertz CT molecular complexity index is 1070. The monoisotopic (exact) mass is 459 g/mol. The molecule has 0 fully saturated rings. The smallest absolute Gasteiger partial charge is 0.251 e. The van der Waals surface area contributed by atoms with Crippen LogP contribution in [-0.4, -0.2) is 18.4 Å². The van der Waals surface area contributed by atoms with Crippen LogP contribution in [-0.2, 0) is 11.4 Å². The van der Waals surface area contributed by atoms with E-state index in [0.29, 0.717) is 30.1 Å². The number of carbonyl (C=O) groups is 2. The highest BCUT2D eigenvalue weighted by Crippen LogP contribution is 2.28. The number of amides is 2. The van der Waals surface area contributed by atoms with E-state index in [1.54, 1.807) is 18.2 Å². The van der Waals surface area contributed by atoms with Gasteiger partial charge in [-0.25, -0.2) is 0 Å². The van der Waals surface area contributed by atoms with E-state index in [2.05, 4.69) is 22.9 Å². The van der Waals surface area contributed by atoms with E-state index in [9.17, 15) is 9.59 Å². The first-order valence-corrected chi connectivity index (χ1v) is 11.8. The lowest BCUT2D eigenvalue weighted by Gasteiger charge is -2.15. The second kappa shape index (κ2) is 13.0. The highest BCUT2D eigenvalue weighted by Gasteiger charge is 2.11. The molecule has 0 aliphatic rings. The minimum Gasteiger partial charge on any atom is -0.489 e. The van der Waals surface area contributed by atoms with Crippen molar-refractivity contribution in [2.75, 3.05) is 17.2 Å². The molecule has 0 atom stereocenters. The van der Waals surface area contributed by atoms with E-state index in [4.69, 9.17) is 4.74 Å². The number of benzene rings is 3. The molecule has 34 heavy (non-hydrogen) atoms. The Morgan fingerprint density at radius 2 is 1.62 bits per heavy atom. The first kappa shape index (κ1) is 24.8. The van der Waals surface area contributed by atoms with E-state index >= 15 is 0 Å². The summed E-state index contributed by atoms with van der Waals surface area (Å²) in [6.07, 6.45) is 4.39. The van der Waals surface area contributed by atoms with Gasteiger partial charge in [0.1, 0.15) is 12.4 Å². The van der Waals surface area contributed by atoms with Gasteiger partial charge in [0.15, 0.2) is 0 Å². The summed E-state index contributed by atoms with van der Waals surface area (Å²) in [7, 11) is 0. The van der Waals surface area contributed by atoms with Crippen molar-refractivity contribution in [3.63, 3.8) is 0 Å². The summed E-state index contributed by atoms with van der Waals surface area (Å²) >= 11 is 0. The van der Waals surface area contributed by atoms with Crippen molar-refractivity contribution < 1.29 is 14.3 Å². The Morgan fingerprint density at radius 1 is 0.853 bits per heavy atom. The zero-order valence-corrected chi connectivity index (χ0v) is 19.9. The molecular formula is C28H33N3O3. The molecule has 178 valence electrons. The minimum atomic E-state index is -0.204. The molecule has 0 bridgehead atoms. The second-order valence-electron chi connectivity index (χ2n) is 8.18. The average Bonchev–Trinajstić information content (AvgIpc) is 2.84. The SMILES string of the molecule is CCCCCCNC(=O)c1ccc(Nc2ccc(OCc3ccccc3)cc2)c(NC(C)=O)c1. The van der Waals surface area contributed by atoms with Crippen LogP contribution in [0.3, 0.4) is 0 Å². The summed E-state index contributed by atoms with van der Waals surface area (Å²) in [5, 5.41) is 9.08. The fourth-order valence-electron chi connectivity index (χ4n) is 3.47. The van der Waals surface area contributed by atoms with Crippen LogP contribution in [0.25, 0.3) is 0 Å². The quantitative estimate of drug-likeness (QED) is 0.279. The third-order valence-corrected chi connectivity index (χ3v) is 5.29. The molecule has 0 heterocycles. The second-order valence-corrected chi connectivity index (χ2v) is 8.18. The molecule has 0 aliphatic carbocycles. The van der Waals surface area contributed by atoms with Crippen LogP contribution in [0.4, 0.5) is 17.1 Å². The Hall–Kier alpha value is -3.80. The Balaban J connectivity index is 1.63. The van der Waals surface area contributed by atoms with Crippen molar-refractivity contribution in [1.29, 1.82) is 0 Å². The standard InChI is InChI=1S/C28H33N3O3/c1-3-4-5-9-18-29-28(33)23-12-17-26(27(19-23)30-21(2)32)31-24-13-15-25(16-14-24)34-20-22-10-7-6-8-11-22/h6-8,10-17,19,31H,3-5,9,18,20H2,1-2H3,(H,29,33)(H,30,32). The molecule has 0 unspecified atom stereocenters. The molecule has 3 aromatic carbocycles. The van der Waals surface area contributed by atoms with Crippen LogP contribution in [0.1, 0.15) is 55.5 Å². The van der Waals surface area contributed by atoms with Gasteiger partial charge in [-0.3, -0.25) is 9.59 Å². The van der Waals surface area contributed by atoms with Gasteiger partial charge < -0.3 is 20.7 Å². The van der Waals surface area contributed by atoms with Gasteiger partial charge in [-0.05, 0) is 54.4 Å². The van der Waals surface area contributed by atoms with Crippen LogP contribution in [0.5, 0.6) is 5.75 Å². The van der Waals surface area contributed by atoms with Crippen molar-refractivity contribution in [1.82, 2.24) is 5.32 Å². The molecule has 0 saturated carbocycles. The lowest BCUT2D eigenvalue weighted by atomic mass is 10.1. The predicted molar refractivity (Wildman–Crippen MR) is 138 cm³/mol. The number of ether oxygens (including phenoxy) is 1. The number of hydrogen-bond donors (Lipinski definition) is 3. The van der Waals surface area contributed by atoms with Crippen LogP contribution in [0.15, 0.2) is 72.8 Å². The lowest BCUT2D eigenvalue weighted by Crippen LogP contribution is -2.24. The molecule has 3 rings (SSSR count). The van der Waals surface area contributed by atoms with Crippen molar-refractivity contribution in [3.8, 4) is 5.75 Å². The molecule has 0 aliphatic heterocycles. The fraction of sp³-hybridized carbons (Fsp3) is 0.286. The summed E-state index contributed by atoms with van der Waals surface area (Å²) in [5.74, 6) is 0.418. The molecule has 3 aromatic rings. The summed E-state index contributed by atoms with van der Waals surface area (Å²) in [5.41, 5.74) is 3.71. The predicted octanol–water partition coefficient (Wildman–Crippen LogP) is 6.28. The number of anilines is 3. The first-order chi connectivity index (χ1) is 16.5. The molecule has 6 heteroatoms.